The van der Waals surface area contributed by atoms with E-state index in [0.717, 1.165) is 10.0 Å². The minimum atomic E-state index is -0.500. The van der Waals surface area contributed by atoms with Crippen LogP contribution in [0.25, 0.3) is 11.4 Å². The number of rotatable bonds is 1. The van der Waals surface area contributed by atoms with E-state index in [2.05, 4.69) is 30.9 Å². The summed E-state index contributed by atoms with van der Waals surface area (Å²) in [5, 5.41) is 0. The van der Waals surface area contributed by atoms with Gasteiger partial charge in [-0.15, -0.1) is 0 Å². The Bertz CT molecular complexity index is 535. The standard InChI is InChI=1S/C9H7BrN4O/c10-6-3-1-5(2-4-6)7-12-8(11)14-9(15)13-7/h1-4H,(H3,11,12,13,14,15). The Morgan fingerprint density at radius 2 is 1.87 bits per heavy atom. The number of halogens is 1. The van der Waals surface area contributed by atoms with E-state index in [4.69, 9.17) is 5.73 Å². The molecule has 3 N–H and O–H groups in total. The summed E-state index contributed by atoms with van der Waals surface area (Å²) >= 11 is 3.32. The van der Waals surface area contributed by atoms with Crippen LogP contribution in [0, 0.1) is 0 Å². The van der Waals surface area contributed by atoms with Crippen molar-refractivity contribution in [2.24, 2.45) is 0 Å². The molecule has 1 heterocycles. The van der Waals surface area contributed by atoms with Gasteiger partial charge in [-0.05, 0) is 12.1 Å². The number of H-pyrrole nitrogens is 1. The van der Waals surface area contributed by atoms with Crippen LogP contribution in [-0.2, 0) is 0 Å². The van der Waals surface area contributed by atoms with Gasteiger partial charge in [0.05, 0.1) is 0 Å². The lowest BCUT2D eigenvalue weighted by Crippen LogP contribution is -2.15. The first kappa shape index (κ1) is 9.85. The molecule has 0 amide bonds. The maximum Gasteiger partial charge on any atom is 0.349 e. The molecule has 2 rings (SSSR count). The molecule has 0 saturated heterocycles. The topological polar surface area (TPSA) is 84.7 Å². The maximum absolute atomic E-state index is 11.1. The second kappa shape index (κ2) is 3.82. The molecule has 0 bridgehead atoms. The van der Waals surface area contributed by atoms with Crippen LogP contribution in [0.4, 0.5) is 5.95 Å². The lowest BCUT2D eigenvalue weighted by atomic mass is 10.2. The fourth-order valence-electron chi connectivity index (χ4n) is 1.15. The first-order chi connectivity index (χ1) is 7.15. The Morgan fingerprint density at radius 3 is 2.47 bits per heavy atom. The highest BCUT2D eigenvalue weighted by atomic mass is 79.9. The molecule has 0 fully saturated rings. The molecule has 0 spiro atoms. The van der Waals surface area contributed by atoms with E-state index < -0.39 is 5.69 Å². The number of nitrogen functional groups attached to an aromatic ring is 1. The normalized spacial score (nSPS) is 10.2. The fourth-order valence-corrected chi connectivity index (χ4v) is 1.41. The predicted octanol–water partition coefficient (Wildman–Crippen LogP) is 1.18. The van der Waals surface area contributed by atoms with Crippen molar-refractivity contribution < 1.29 is 0 Å². The average Bonchev–Trinajstić information content (AvgIpc) is 2.17. The molecular weight excluding hydrogens is 260 g/mol. The first-order valence-electron chi connectivity index (χ1n) is 4.15. The molecule has 0 saturated carbocycles. The third kappa shape index (κ3) is 2.21. The molecular formula is C9H7BrN4O. The lowest BCUT2D eigenvalue weighted by Gasteiger charge is -2.00. The fraction of sp³-hybridized carbons (Fsp3) is 0. The van der Waals surface area contributed by atoms with Crippen molar-refractivity contribution in [2.45, 2.75) is 0 Å². The van der Waals surface area contributed by atoms with Crippen molar-refractivity contribution in [3.05, 3.63) is 39.2 Å². The number of aromatic amines is 1. The zero-order valence-corrected chi connectivity index (χ0v) is 9.15. The van der Waals surface area contributed by atoms with Gasteiger partial charge in [-0.25, -0.2) is 4.79 Å². The number of hydrogen-bond donors (Lipinski definition) is 2. The van der Waals surface area contributed by atoms with E-state index >= 15 is 0 Å². The summed E-state index contributed by atoms with van der Waals surface area (Å²) < 4.78 is 0.954. The third-order valence-corrected chi connectivity index (χ3v) is 2.31. The summed E-state index contributed by atoms with van der Waals surface area (Å²) in [4.78, 5) is 20.9. The van der Waals surface area contributed by atoms with Gasteiger partial charge in [0.25, 0.3) is 0 Å². The molecule has 1 aromatic carbocycles. The molecule has 0 atom stereocenters. The van der Waals surface area contributed by atoms with E-state index in [0.29, 0.717) is 5.82 Å². The number of nitrogens with one attached hydrogen (secondary N) is 1. The average molecular weight is 267 g/mol. The highest BCUT2D eigenvalue weighted by Crippen LogP contribution is 2.17. The molecule has 1 aromatic heterocycles. The summed E-state index contributed by atoms with van der Waals surface area (Å²) in [6.45, 7) is 0. The van der Waals surface area contributed by atoms with Crippen molar-refractivity contribution in [1.29, 1.82) is 0 Å². The van der Waals surface area contributed by atoms with Crippen molar-refractivity contribution in [1.82, 2.24) is 15.0 Å². The van der Waals surface area contributed by atoms with E-state index in [1.165, 1.54) is 0 Å². The second-order valence-corrected chi connectivity index (χ2v) is 3.78. The second-order valence-electron chi connectivity index (χ2n) is 2.87. The number of hydrogen-bond acceptors (Lipinski definition) is 4. The van der Waals surface area contributed by atoms with Crippen molar-refractivity contribution in [3.63, 3.8) is 0 Å². The number of nitrogens with zero attached hydrogens (tertiary/aromatic N) is 2. The molecule has 0 aliphatic heterocycles. The van der Waals surface area contributed by atoms with Crippen molar-refractivity contribution in [2.75, 3.05) is 5.73 Å². The third-order valence-electron chi connectivity index (χ3n) is 1.79. The van der Waals surface area contributed by atoms with Gasteiger partial charge < -0.3 is 5.73 Å². The smallest absolute Gasteiger partial charge is 0.349 e. The molecule has 0 radical (unpaired) electrons. The van der Waals surface area contributed by atoms with E-state index in [1.54, 1.807) is 0 Å². The lowest BCUT2D eigenvalue weighted by molar-refractivity contribution is 1.01. The van der Waals surface area contributed by atoms with Crippen LogP contribution in [0.3, 0.4) is 0 Å². The molecule has 0 aliphatic rings. The quantitative estimate of drug-likeness (QED) is 0.812. The number of aromatic nitrogens is 3. The van der Waals surface area contributed by atoms with Gasteiger partial charge in [-0.1, -0.05) is 28.1 Å². The van der Waals surface area contributed by atoms with Crippen LogP contribution in [0.5, 0.6) is 0 Å². The van der Waals surface area contributed by atoms with Crippen LogP contribution in [-0.4, -0.2) is 15.0 Å². The Balaban J connectivity index is 2.54. The van der Waals surface area contributed by atoms with Crippen LogP contribution in [0.15, 0.2) is 33.5 Å². The van der Waals surface area contributed by atoms with Crippen LogP contribution in [0.1, 0.15) is 0 Å². The summed E-state index contributed by atoms with van der Waals surface area (Å²) in [6, 6.07) is 7.35. The zero-order valence-electron chi connectivity index (χ0n) is 7.57. The Labute approximate surface area is 93.5 Å². The Hall–Kier alpha value is -1.69. The van der Waals surface area contributed by atoms with Gasteiger partial charge in [0.1, 0.15) is 5.82 Å². The SMILES string of the molecule is Nc1nc(-c2ccc(Br)cc2)[nH]c(=O)n1. The van der Waals surface area contributed by atoms with Gasteiger partial charge >= 0.3 is 5.69 Å². The van der Waals surface area contributed by atoms with Crippen LogP contribution < -0.4 is 11.4 Å². The number of nitrogens with two attached hydrogens (primary N) is 1. The summed E-state index contributed by atoms with van der Waals surface area (Å²) in [5.41, 5.74) is 5.66. The molecule has 15 heavy (non-hydrogen) atoms. The molecule has 76 valence electrons. The number of anilines is 1. The zero-order chi connectivity index (χ0) is 10.8. The molecule has 0 aliphatic carbocycles. The highest BCUT2D eigenvalue weighted by molar-refractivity contribution is 9.10. The Morgan fingerprint density at radius 1 is 1.20 bits per heavy atom. The van der Waals surface area contributed by atoms with Gasteiger partial charge in [0.2, 0.25) is 5.95 Å². The minimum Gasteiger partial charge on any atom is -0.368 e. The van der Waals surface area contributed by atoms with E-state index in [9.17, 15) is 4.79 Å². The number of benzene rings is 1. The monoisotopic (exact) mass is 266 g/mol. The van der Waals surface area contributed by atoms with Crippen LogP contribution >= 0.6 is 15.9 Å². The molecule has 5 nitrogen and oxygen atoms in total. The maximum atomic E-state index is 11.1. The van der Waals surface area contributed by atoms with Crippen molar-refractivity contribution in [3.8, 4) is 11.4 Å². The van der Waals surface area contributed by atoms with Gasteiger partial charge in [0.15, 0.2) is 0 Å². The molecule has 0 unspecified atom stereocenters. The van der Waals surface area contributed by atoms with E-state index in [-0.39, 0.29) is 5.95 Å². The largest absolute Gasteiger partial charge is 0.368 e. The summed E-state index contributed by atoms with van der Waals surface area (Å²) in [6.07, 6.45) is 0. The molecule has 6 heteroatoms. The highest BCUT2D eigenvalue weighted by Gasteiger charge is 2.02. The first-order valence-corrected chi connectivity index (χ1v) is 4.94. The summed E-state index contributed by atoms with van der Waals surface area (Å²) in [5.74, 6) is 0.386. The van der Waals surface area contributed by atoms with Gasteiger partial charge in [-0.3, -0.25) is 4.98 Å². The summed E-state index contributed by atoms with van der Waals surface area (Å²) in [7, 11) is 0. The molecule has 2 aromatic rings. The van der Waals surface area contributed by atoms with Gasteiger partial charge in [0, 0.05) is 10.0 Å². The van der Waals surface area contributed by atoms with E-state index in [1.807, 2.05) is 24.3 Å². The van der Waals surface area contributed by atoms with Crippen LogP contribution in [0.2, 0.25) is 0 Å². The predicted molar refractivity (Wildman–Crippen MR) is 60.2 cm³/mol. The van der Waals surface area contributed by atoms with Gasteiger partial charge in [-0.2, -0.15) is 9.97 Å². The Kier molecular flexibility index (Phi) is 2.51. The van der Waals surface area contributed by atoms with Crippen molar-refractivity contribution >= 4 is 21.9 Å². The minimum absolute atomic E-state index is 0.0309.